The van der Waals surface area contributed by atoms with Crippen LogP contribution in [0.2, 0.25) is 0 Å². The zero-order chi connectivity index (χ0) is 13.4. The first-order valence-electron chi connectivity index (χ1n) is 5.94. The Morgan fingerprint density at radius 2 is 2.11 bits per heavy atom. The van der Waals surface area contributed by atoms with Crippen molar-refractivity contribution in [2.45, 2.75) is 18.6 Å². The van der Waals surface area contributed by atoms with Gasteiger partial charge in [-0.05, 0) is 18.2 Å². The highest BCUT2D eigenvalue weighted by Crippen LogP contribution is 2.36. The van der Waals surface area contributed by atoms with Gasteiger partial charge in [0.05, 0.1) is 13.5 Å². The number of rotatable bonds is 2. The van der Waals surface area contributed by atoms with Crippen LogP contribution in [0.5, 0.6) is 11.5 Å². The van der Waals surface area contributed by atoms with Crippen LogP contribution in [-0.2, 0) is 9.53 Å². The van der Waals surface area contributed by atoms with E-state index in [1.54, 1.807) is 24.3 Å². The summed E-state index contributed by atoms with van der Waals surface area (Å²) in [4.78, 5) is 23.2. The normalized spacial score (nSPS) is 24.7. The third-order valence-corrected chi connectivity index (χ3v) is 3.19. The molecule has 0 amide bonds. The van der Waals surface area contributed by atoms with Crippen LogP contribution in [0.25, 0.3) is 0 Å². The number of ether oxygens (including phenoxy) is 3. The molecular formula is C14H12O5. The maximum atomic E-state index is 12.2. The topological polar surface area (TPSA) is 61.8 Å². The summed E-state index contributed by atoms with van der Waals surface area (Å²) >= 11 is 0. The Morgan fingerprint density at radius 1 is 1.26 bits per heavy atom. The third kappa shape index (κ3) is 1.97. The van der Waals surface area contributed by atoms with Gasteiger partial charge in [-0.15, -0.1) is 0 Å². The van der Waals surface area contributed by atoms with Gasteiger partial charge in [-0.2, -0.15) is 0 Å². The number of ketones is 1. The zero-order valence-corrected chi connectivity index (χ0v) is 10.3. The molecule has 2 unspecified atom stereocenters. The lowest BCUT2D eigenvalue weighted by atomic mass is 9.97. The van der Waals surface area contributed by atoms with Gasteiger partial charge in [0.2, 0.25) is 0 Å². The number of fused-ring (bicyclic) bond motifs is 1. The van der Waals surface area contributed by atoms with Crippen LogP contribution < -0.4 is 9.47 Å². The molecule has 0 aliphatic carbocycles. The summed E-state index contributed by atoms with van der Waals surface area (Å²) in [5.74, 6) is 0.495. The molecule has 0 N–H and O–H groups in total. The number of hydrogen-bond donors (Lipinski definition) is 0. The smallest absolute Gasteiger partial charge is 0.331 e. The zero-order valence-electron chi connectivity index (χ0n) is 10.3. The van der Waals surface area contributed by atoms with Gasteiger partial charge in [-0.1, -0.05) is 6.07 Å². The lowest BCUT2D eigenvalue weighted by molar-refractivity contribution is -0.142. The summed E-state index contributed by atoms with van der Waals surface area (Å²) in [6.07, 6.45) is 2.14. The summed E-state index contributed by atoms with van der Waals surface area (Å²) in [6, 6.07) is 5.18. The van der Waals surface area contributed by atoms with E-state index in [-0.39, 0.29) is 12.2 Å². The van der Waals surface area contributed by atoms with E-state index in [1.807, 2.05) is 0 Å². The molecule has 19 heavy (non-hydrogen) atoms. The monoisotopic (exact) mass is 260 g/mol. The van der Waals surface area contributed by atoms with E-state index in [0.717, 1.165) is 0 Å². The molecule has 98 valence electrons. The first-order valence-corrected chi connectivity index (χ1v) is 5.94. The Balaban J connectivity index is 1.91. The number of carbonyl (C=O) groups excluding carboxylic acids is 2. The number of hydrogen-bond acceptors (Lipinski definition) is 5. The molecule has 1 aromatic carbocycles. The van der Waals surface area contributed by atoms with Crippen molar-refractivity contribution < 1.29 is 23.8 Å². The Hall–Kier alpha value is -2.30. The number of Topliss-reactive ketones (excluding diaryl/α,β-unsaturated/α-hetero) is 1. The quantitative estimate of drug-likeness (QED) is 0.754. The van der Waals surface area contributed by atoms with Crippen molar-refractivity contribution >= 4 is 11.8 Å². The Labute approximate surface area is 109 Å². The second-order valence-electron chi connectivity index (χ2n) is 4.38. The molecule has 0 saturated heterocycles. The maximum absolute atomic E-state index is 12.2. The summed E-state index contributed by atoms with van der Waals surface area (Å²) in [5, 5.41) is 0. The predicted molar refractivity (Wildman–Crippen MR) is 65.4 cm³/mol. The van der Waals surface area contributed by atoms with Crippen LogP contribution in [0.15, 0.2) is 30.4 Å². The van der Waals surface area contributed by atoms with Gasteiger partial charge in [0.1, 0.15) is 23.2 Å². The summed E-state index contributed by atoms with van der Waals surface area (Å²) in [7, 11) is 1.51. The van der Waals surface area contributed by atoms with E-state index in [4.69, 9.17) is 14.2 Å². The first-order chi connectivity index (χ1) is 9.19. The lowest BCUT2D eigenvalue weighted by Crippen LogP contribution is -2.37. The molecule has 0 radical (unpaired) electrons. The van der Waals surface area contributed by atoms with E-state index in [9.17, 15) is 9.59 Å². The number of benzene rings is 1. The molecule has 1 aromatic rings. The SMILES string of the molecule is COc1cccc2c1C(=O)CC(C1C=CC(=O)O1)O2. The highest BCUT2D eigenvalue weighted by molar-refractivity contribution is 6.02. The van der Waals surface area contributed by atoms with Crippen LogP contribution in [0, 0.1) is 0 Å². The van der Waals surface area contributed by atoms with Gasteiger partial charge >= 0.3 is 5.97 Å². The predicted octanol–water partition coefficient (Wildman–Crippen LogP) is 1.51. The van der Waals surface area contributed by atoms with Crippen LogP contribution >= 0.6 is 0 Å². The molecule has 2 heterocycles. The molecule has 5 nitrogen and oxygen atoms in total. The fourth-order valence-corrected chi connectivity index (χ4v) is 2.31. The maximum Gasteiger partial charge on any atom is 0.331 e. The number of esters is 1. The number of methoxy groups -OCH3 is 1. The molecule has 3 rings (SSSR count). The highest BCUT2D eigenvalue weighted by Gasteiger charge is 2.36. The van der Waals surface area contributed by atoms with E-state index in [0.29, 0.717) is 17.1 Å². The number of cyclic esters (lactones) is 1. The summed E-state index contributed by atoms with van der Waals surface area (Å²) < 4.78 is 16.0. The van der Waals surface area contributed by atoms with Crippen LogP contribution in [0.4, 0.5) is 0 Å². The Bertz CT molecular complexity index is 575. The minimum absolute atomic E-state index is 0.0694. The highest BCUT2D eigenvalue weighted by atomic mass is 16.6. The fourth-order valence-electron chi connectivity index (χ4n) is 2.31. The second kappa shape index (κ2) is 4.42. The van der Waals surface area contributed by atoms with Crippen molar-refractivity contribution in [3.05, 3.63) is 35.9 Å². The van der Waals surface area contributed by atoms with Gasteiger partial charge in [-0.3, -0.25) is 4.79 Å². The van der Waals surface area contributed by atoms with E-state index in [2.05, 4.69) is 0 Å². The van der Waals surface area contributed by atoms with Crippen molar-refractivity contribution in [1.29, 1.82) is 0 Å². The minimum atomic E-state index is -0.504. The van der Waals surface area contributed by atoms with E-state index >= 15 is 0 Å². The Kier molecular flexibility index (Phi) is 2.74. The molecule has 2 aliphatic rings. The molecule has 0 aromatic heterocycles. The molecule has 2 aliphatic heterocycles. The van der Waals surface area contributed by atoms with Gasteiger partial charge in [0.15, 0.2) is 11.9 Å². The molecule has 0 fully saturated rings. The van der Waals surface area contributed by atoms with Crippen LogP contribution in [0.3, 0.4) is 0 Å². The van der Waals surface area contributed by atoms with Crippen LogP contribution in [0.1, 0.15) is 16.8 Å². The lowest BCUT2D eigenvalue weighted by Gasteiger charge is -2.28. The van der Waals surface area contributed by atoms with Crippen molar-refractivity contribution in [1.82, 2.24) is 0 Å². The van der Waals surface area contributed by atoms with Gasteiger partial charge in [0, 0.05) is 6.08 Å². The summed E-state index contributed by atoms with van der Waals surface area (Å²) in [6.45, 7) is 0. The molecular weight excluding hydrogens is 248 g/mol. The molecule has 0 spiro atoms. The van der Waals surface area contributed by atoms with E-state index in [1.165, 1.54) is 13.2 Å². The molecule has 0 bridgehead atoms. The number of carbonyl (C=O) groups is 2. The standard InChI is InChI=1S/C14H12O5/c1-17-10-3-2-4-11-14(10)8(15)7-12(18-11)9-5-6-13(16)19-9/h2-6,9,12H,7H2,1H3. The Morgan fingerprint density at radius 3 is 2.79 bits per heavy atom. The average Bonchev–Trinajstić information content (AvgIpc) is 2.84. The molecule has 2 atom stereocenters. The largest absolute Gasteiger partial charge is 0.496 e. The van der Waals surface area contributed by atoms with Crippen LogP contribution in [-0.4, -0.2) is 31.1 Å². The van der Waals surface area contributed by atoms with E-state index < -0.39 is 18.2 Å². The van der Waals surface area contributed by atoms with Gasteiger partial charge < -0.3 is 14.2 Å². The van der Waals surface area contributed by atoms with Crippen molar-refractivity contribution in [3.63, 3.8) is 0 Å². The first kappa shape index (κ1) is 11.8. The van der Waals surface area contributed by atoms with Crippen molar-refractivity contribution in [3.8, 4) is 11.5 Å². The van der Waals surface area contributed by atoms with Gasteiger partial charge in [0.25, 0.3) is 0 Å². The second-order valence-corrected chi connectivity index (χ2v) is 4.38. The molecule has 0 saturated carbocycles. The summed E-state index contributed by atoms with van der Waals surface area (Å²) in [5.41, 5.74) is 0.453. The third-order valence-electron chi connectivity index (χ3n) is 3.19. The average molecular weight is 260 g/mol. The minimum Gasteiger partial charge on any atom is -0.496 e. The van der Waals surface area contributed by atoms with Crippen molar-refractivity contribution in [2.24, 2.45) is 0 Å². The van der Waals surface area contributed by atoms with Gasteiger partial charge in [-0.25, -0.2) is 4.79 Å². The molecule has 5 heteroatoms. The fraction of sp³-hybridized carbons (Fsp3) is 0.286. The van der Waals surface area contributed by atoms with Crippen molar-refractivity contribution in [2.75, 3.05) is 7.11 Å².